The summed E-state index contributed by atoms with van der Waals surface area (Å²) in [4.78, 5) is 24.9. The average molecular weight is 447 g/mol. The number of hydrogen-bond acceptors (Lipinski definition) is 9. The molecule has 32 heavy (non-hydrogen) atoms. The summed E-state index contributed by atoms with van der Waals surface area (Å²) >= 11 is 0. The number of anilines is 1. The highest BCUT2D eigenvalue weighted by Gasteiger charge is 2.31. The molecule has 1 unspecified atom stereocenters. The number of rotatable bonds is 7. The number of aromatic nitrogens is 4. The van der Waals surface area contributed by atoms with Crippen molar-refractivity contribution in [2.45, 2.75) is 64.1 Å². The maximum absolute atomic E-state index is 12.1. The minimum Gasteiger partial charge on any atom is -0.394 e. The molecule has 3 rings (SSSR count). The first-order valence-electron chi connectivity index (χ1n) is 10.7. The third kappa shape index (κ3) is 5.52. The second-order valence-corrected chi connectivity index (χ2v) is 8.16. The SMILES string of the molecule is CCNC(=O)[C@@H](OCn1cnc2c(N)nc(C#C[C@]3(O)CCC[C@@H](C)C3)nc21)C(O)CO. The normalized spacial score (nSPS) is 22.7. The van der Waals surface area contributed by atoms with Gasteiger partial charge in [0.15, 0.2) is 17.6 Å². The quantitative estimate of drug-likeness (QED) is 0.353. The zero-order valence-electron chi connectivity index (χ0n) is 18.3. The van der Waals surface area contributed by atoms with Gasteiger partial charge in [0.05, 0.1) is 12.9 Å². The van der Waals surface area contributed by atoms with Crippen LogP contribution in [0.4, 0.5) is 5.82 Å². The van der Waals surface area contributed by atoms with Gasteiger partial charge in [0.2, 0.25) is 5.82 Å². The second kappa shape index (κ2) is 10.2. The van der Waals surface area contributed by atoms with Crippen molar-refractivity contribution < 1.29 is 24.9 Å². The molecule has 11 nitrogen and oxygen atoms in total. The number of amides is 1. The highest BCUT2D eigenvalue weighted by atomic mass is 16.5. The van der Waals surface area contributed by atoms with Gasteiger partial charge in [0.1, 0.15) is 24.0 Å². The van der Waals surface area contributed by atoms with E-state index in [0.29, 0.717) is 36.5 Å². The van der Waals surface area contributed by atoms with E-state index in [0.717, 1.165) is 12.8 Å². The van der Waals surface area contributed by atoms with Crippen molar-refractivity contribution in [3.8, 4) is 11.8 Å². The van der Waals surface area contributed by atoms with Crippen LogP contribution in [-0.2, 0) is 16.3 Å². The number of imidazole rings is 1. The van der Waals surface area contributed by atoms with Crippen LogP contribution >= 0.6 is 0 Å². The lowest BCUT2D eigenvalue weighted by Crippen LogP contribution is -2.45. The van der Waals surface area contributed by atoms with Gasteiger partial charge < -0.3 is 31.1 Å². The molecule has 0 spiro atoms. The lowest BCUT2D eigenvalue weighted by atomic mass is 9.79. The van der Waals surface area contributed by atoms with Crippen LogP contribution in [-0.4, -0.2) is 71.7 Å². The van der Waals surface area contributed by atoms with Gasteiger partial charge in [-0.3, -0.25) is 9.36 Å². The van der Waals surface area contributed by atoms with Gasteiger partial charge in [-0.2, -0.15) is 0 Å². The Morgan fingerprint density at radius 2 is 2.28 bits per heavy atom. The molecule has 0 bridgehead atoms. The molecular formula is C21H30N6O5. The molecular weight excluding hydrogens is 416 g/mol. The molecule has 2 aromatic rings. The molecule has 0 aliphatic heterocycles. The largest absolute Gasteiger partial charge is 0.394 e. The Bertz CT molecular complexity index is 1020. The Labute approximate surface area is 186 Å². The lowest BCUT2D eigenvalue weighted by molar-refractivity contribution is -0.147. The van der Waals surface area contributed by atoms with Gasteiger partial charge in [-0.15, -0.1) is 0 Å². The van der Waals surface area contributed by atoms with Gasteiger partial charge in [-0.05, 0) is 38.0 Å². The summed E-state index contributed by atoms with van der Waals surface area (Å²) in [7, 11) is 0. The molecule has 11 heteroatoms. The van der Waals surface area contributed by atoms with Gasteiger partial charge >= 0.3 is 0 Å². The number of ether oxygens (including phenoxy) is 1. The summed E-state index contributed by atoms with van der Waals surface area (Å²) in [6, 6.07) is 0. The van der Waals surface area contributed by atoms with Crippen molar-refractivity contribution in [1.29, 1.82) is 0 Å². The summed E-state index contributed by atoms with van der Waals surface area (Å²) in [6.45, 7) is 3.35. The Morgan fingerprint density at radius 3 is 2.97 bits per heavy atom. The molecule has 0 aromatic carbocycles. The van der Waals surface area contributed by atoms with Crippen molar-refractivity contribution >= 4 is 22.9 Å². The van der Waals surface area contributed by atoms with E-state index >= 15 is 0 Å². The molecule has 2 heterocycles. The van der Waals surface area contributed by atoms with Crippen LogP contribution in [0, 0.1) is 17.8 Å². The molecule has 1 aliphatic carbocycles. The molecule has 1 fully saturated rings. The van der Waals surface area contributed by atoms with Crippen LogP contribution in [0.5, 0.6) is 0 Å². The number of fused-ring (bicyclic) bond motifs is 1. The third-order valence-electron chi connectivity index (χ3n) is 5.41. The fourth-order valence-electron chi connectivity index (χ4n) is 3.82. The van der Waals surface area contributed by atoms with E-state index in [-0.39, 0.29) is 18.4 Å². The van der Waals surface area contributed by atoms with Gasteiger partial charge in [0.25, 0.3) is 5.91 Å². The van der Waals surface area contributed by atoms with Crippen LogP contribution in [0.2, 0.25) is 0 Å². The number of nitrogen functional groups attached to an aromatic ring is 1. The van der Waals surface area contributed by atoms with Crippen LogP contribution < -0.4 is 11.1 Å². The van der Waals surface area contributed by atoms with Crippen LogP contribution in [0.3, 0.4) is 0 Å². The first-order valence-corrected chi connectivity index (χ1v) is 10.7. The van der Waals surface area contributed by atoms with E-state index in [4.69, 9.17) is 10.5 Å². The molecule has 2 aromatic heterocycles. The monoisotopic (exact) mass is 446 g/mol. The van der Waals surface area contributed by atoms with Crippen molar-refractivity contribution in [3.63, 3.8) is 0 Å². The Morgan fingerprint density at radius 1 is 1.50 bits per heavy atom. The predicted octanol–water partition coefficient (Wildman–Crippen LogP) is -0.467. The van der Waals surface area contributed by atoms with Crippen molar-refractivity contribution in [2.75, 3.05) is 18.9 Å². The number of hydrogen-bond donors (Lipinski definition) is 5. The average Bonchev–Trinajstić information content (AvgIpc) is 3.16. The zero-order chi connectivity index (χ0) is 23.3. The molecule has 4 atom stereocenters. The number of aliphatic hydroxyl groups excluding tert-OH is 2. The van der Waals surface area contributed by atoms with Crippen molar-refractivity contribution in [2.24, 2.45) is 5.92 Å². The second-order valence-electron chi connectivity index (χ2n) is 8.16. The summed E-state index contributed by atoms with van der Waals surface area (Å²) < 4.78 is 7.04. The van der Waals surface area contributed by atoms with E-state index in [1.807, 2.05) is 0 Å². The van der Waals surface area contributed by atoms with Gasteiger partial charge in [-0.25, -0.2) is 15.0 Å². The summed E-state index contributed by atoms with van der Waals surface area (Å²) in [5.41, 5.74) is 5.60. The zero-order valence-corrected chi connectivity index (χ0v) is 18.3. The Hall–Kier alpha value is -2.78. The van der Waals surface area contributed by atoms with Crippen LogP contribution in [0.25, 0.3) is 11.2 Å². The molecule has 0 saturated heterocycles. The van der Waals surface area contributed by atoms with E-state index in [1.165, 1.54) is 10.9 Å². The maximum Gasteiger partial charge on any atom is 0.252 e. The topological polar surface area (TPSA) is 169 Å². The Kier molecular flexibility index (Phi) is 7.63. The predicted molar refractivity (Wildman–Crippen MR) is 116 cm³/mol. The molecule has 0 radical (unpaired) electrons. The van der Waals surface area contributed by atoms with E-state index in [2.05, 4.69) is 39.0 Å². The highest BCUT2D eigenvalue weighted by molar-refractivity contribution is 5.82. The van der Waals surface area contributed by atoms with Gasteiger partial charge in [-0.1, -0.05) is 19.3 Å². The van der Waals surface area contributed by atoms with E-state index in [9.17, 15) is 20.1 Å². The minimum absolute atomic E-state index is 0.123. The maximum atomic E-state index is 12.1. The standard InChI is InChI=1S/C21H30N6O5/c1-3-23-20(30)17(14(29)10-28)32-12-27-11-24-16-18(22)25-15(26-19(16)27)6-8-21(31)7-4-5-13(2)9-21/h11,13-14,17,28-29,31H,3-5,7,9-10,12H2,1-2H3,(H,23,30)(H2,22,25,26)/t13-,14?,17+,21-/m1/s1. The number of carbonyl (C=O) groups is 1. The summed E-state index contributed by atoms with van der Waals surface area (Å²) in [5.74, 6) is 5.84. The van der Waals surface area contributed by atoms with E-state index in [1.54, 1.807) is 6.92 Å². The fourth-order valence-corrected chi connectivity index (χ4v) is 3.82. The van der Waals surface area contributed by atoms with Crippen LogP contribution in [0.1, 0.15) is 45.4 Å². The summed E-state index contributed by atoms with van der Waals surface area (Å²) in [6.07, 6.45) is 1.92. The Balaban J connectivity index is 1.83. The molecule has 1 amide bonds. The van der Waals surface area contributed by atoms with Crippen LogP contribution in [0.15, 0.2) is 6.33 Å². The lowest BCUT2D eigenvalue weighted by Gasteiger charge is -2.30. The fraction of sp³-hybridized carbons (Fsp3) is 0.619. The smallest absolute Gasteiger partial charge is 0.252 e. The summed E-state index contributed by atoms with van der Waals surface area (Å²) in [5, 5.41) is 32.4. The first kappa shape index (κ1) is 23.9. The van der Waals surface area contributed by atoms with Crippen molar-refractivity contribution in [3.05, 3.63) is 12.2 Å². The molecule has 1 saturated carbocycles. The van der Waals surface area contributed by atoms with E-state index < -0.39 is 30.3 Å². The first-order chi connectivity index (χ1) is 15.3. The minimum atomic E-state index is -1.39. The third-order valence-corrected chi connectivity index (χ3v) is 5.41. The molecule has 6 N–H and O–H groups in total. The number of carbonyl (C=O) groups excluding carboxylic acids is 1. The number of nitrogens with one attached hydrogen (secondary N) is 1. The highest BCUT2D eigenvalue weighted by Crippen LogP contribution is 2.31. The molecule has 174 valence electrons. The number of likely N-dealkylation sites (N-methyl/N-ethyl adjacent to an activating group) is 1. The number of nitrogens with zero attached hydrogens (tertiary/aromatic N) is 4. The van der Waals surface area contributed by atoms with Crippen molar-refractivity contribution in [1.82, 2.24) is 24.8 Å². The molecule has 1 aliphatic rings. The number of aliphatic hydroxyl groups is 3. The number of nitrogens with two attached hydrogens (primary N) is 1. The van der Waals surface area contributed by atoms with Gasteiger partial charge in [0, 0.05) is 6.54 Å².